The van der Waals surface area contributed by atoms with Crippen molar-refractivity contribution in [2.75, 3.05) is 26.1 Å². The topological polar surface area (TPSA) is 90.9 Å². The lowest BCUT2D eigenvalue weighted by molar-refractivity contribution is -0.128. The first-order chi connectivity index (χ1) is 16.0. The molecule has 1 amide bonds. The van der Waals surface area contributed by atoms with Crippen LogP contribution in [0.3, 0.4) is 0 Å². The SMILES string of the molecule is COc1cc2nccc(Oc3ccc(NC(=S)NC(=O)C4CCCO4)cc3Cl)c2cc1OC. The molecule has 1 saturated heterocycles. The van der Waals surface area contributed by atoms with E-state index in [4.69, 9.17) is 42.8 Å². The Morgan fingerprint density at radius 2 is 1.91 bits per heavy atom. The number of nitrogens with zero attached hydrogens (tertiary/aromatic N) is 1. The van der Waals surface area contributed by atoms with Gasteiger partial charge < -0.3 is 29.6 Å². The lowest BCUT2D eigenvalue weighted by atomic mass is 10.2. The summed E-state index contributed by atoms with van der Waals surface area (Å²) in [4.78, 5) is 16.5. The molecule has 172 valence electrons. The van der Waals surface area contributed by atoms with Gasteiger partial charge in [0, 0.05) is 29.9 Å². The van der Waals surface area contributed by atoms with Crippen molar-refractivity contribution < 1.29 is 23.7 Å². The van der Waals surface area contributed by atoms with Crippen LogP contribution in [-0.2, 0) is 9.53 Å². The number of carbonyl (C=O) groups excluding carboxylic acids is 1. The molecule has 1 unspecified atom stereocenters. The van der Waals surface area contributed by atoms with E-state index in [2.05, 4.69) is 15.6 Å². The lowest BCUT2D eigenvalue weighted by Gasteiger charge is -2.15. The summed E-state index contributed by atoms with van der Waals surface area (Å²) >= 11 is 11.7. The van der Waals surface area contributed by atoms with Gasteiger partial charge in [0.15, 0.2) is 16.6 Å². The smallest absolute Gasteiger partial charge is 0.255 e. The number of halogens is 1. The Bertz CT molecular complexity index is 1200. The molecular formula is C23H22ClN3O5S. The number of pyridine rings is 1. The number of rotatable bonds is 6. The van der Waals surface area contributed by atoms with E-state index < -0.39 is 6.10 Å². The van der Waals surface area contributed by atoms with Gasteiger partial charge in [-0.05, 0) is 55.4 Å². The monoisotopic (exact) mass is 487 g/mol. The Hall–Kier alpha value is -3.14. The fourth-order valence-electron chi connectivity index (χ4n) is 3.46. The van der Waals surface area contributed by atoms with Crippen molar-refractivity contribution in [3.63, 3.8) is 0 Å². The molecule has 1 aromatic heterocycles. The Labute approximate surface area is 201 Å². The highest BCUT2D eigenvalue weighted by atomic mass is 35.5. The van der Waals surface area contributed by atoms with Gasteiger partial charge >= 0.3 is 0 Å². The molecule has 4 rings (SSSR count). The summed E-state index contributed by atoms with van der Waals surface area (Å²) in [7, 11) is 3.13. The molecule has 33 heavy (non-hydrogen) atoms. The standard InChI is InChI=1S/C23H22ClN3O5S/c1-29-20-11-14-16(12-21(20)30-2)25-8-7-17(14)32-18-6-5-13(10-15(18)24)26-23(33)27-22(28)19-4-3-9-31-19/h5-8,10-12,19H,3-4,9H2,1-2H3,(H2,26,27,28,33). The fourth-order valence-corrected chi connectivity index (χ4v) is 3.89. The minimum Gasteiger partial charge on any atom is -0.493 e. The number of carbonyl (C=O) groups is 1. The quantitative estimate of drug-likeness (QED) is 0.484. The molecule has 0 spiro atoms. The number of ether oxygens (including phenoxy) is 4. The highest BCUT2D eigenvalue weighted by Gasteiger charge is 2.24. The number of thiocarbonyl (C=S) groups is 1. The molecule has 0 bridgehead atoms. The van der Waals surface area contributed by atoms with E-state index in [1.54, 1.807) is 56.8 Å². The first-order valence-corrected chi connectivity index (χ1v) is 11.0. The number of amides is 1. The molecule has 1 aliphatic heterocycles. The zero-order valence-corrected chi connectivity index (χ0v) is 19.6. The molecule has 3 aromatic rings. The van der Waals surface area contributed by atoms with Crippen molar-refractivity contribution in [1.82, 2.24) is 10.3 Å². The van der Waals surface area contributed by atoms with Crippen molar-refractivity contribution in [3.05, 3.63) is 47.6 Å². The number of hydrogen-bond donors (Lipinski definition) is 2. The minimum atomic E-state index is -0.460. The number of fused-ring (bicyclic) bond motifs is 1. The van der Waals surface area contributed by atoms with Crippen LogP contribution in [-0.4, -0.2) is 42.9 Å². The number of hydrogen-bond acceptors (Lipinski definition) is 7. The van der Waals surface area contributed by atoms with Crippen molar-refractivity contribution in [3.8, 4) is 23.0 Å². The highest BCUT2D eigenvalue weighted by Crippen LogP contribution is 2.38. The van der Waals surface area contributed by atoms with E-state index >= 15 is 0 Å². The molecule has 1 atom stereocenters. The maximum atomic E-state index is 12.1. The van der Waals surface area contributed by atoms with E-state index in [9.17, 15) is 4.79 Å². The lowest BCUT2D eigenvalue weighted by Crippen LogP contribution is -2.40. The molecule has 2 aromatic carbocycles. The summed E-state index contributed by atoms with van der Waals surface area (Å²) in [5.74, 6) is 1.88. The number of aromatic nitrogens is 1. The molecule has 1 fully saturated rings. The van der Waals surface area contributed by atoms with E-state index in [0.29, 0.717) is 52.3 Å². The fraction of sp³-hybridized carbons (Fsp3) is 0.261. The minimum absolute atomic E-state index is 0.168. The van der Waals surface area contributed by atoms with Crippen LogP contribution in [0.5, 0.6) is 23.0 Å². The van der Waals surface area contributed by atoms with Gasteiger partial charge in [-0.2, -0.15) is 0 Å². The van der Waals surface area contributed by atoms with Crippen LogP contribution in [0.25, 0.3) is 10.9 Å². The first-order valence-electron chi connectivity index (χ1n) is 10.2. The molecule has 2 N–H and O–H groups in total. The zero-order valence-electron chi connectivity index (χ0n) is 18.0. The van der Waals surface area contributed by atoms with Crippen LogP contribution in [0.15, 0.2) is 42.6 Å². The second-order valence-corrected chi connectivity index (χ2v) is 8.04. The average molecular weight is 488 g/mol. The van der Waals surface area contributed by atoms with Crippen LogP contribution in [0.1, 0.15) is 12.8 Å². The average Bonchev–Trinajstić information content (AvgIpc) is 3.35. The highest BCUT2D eigenvalue weighted by molar-refractivity contribution is 7.80. The second kappa shape index (κ2) is 10.2. The van der Waals surface area contributed by atoms with Gasteiger partial charge in [0.2, 0.25) is 0 Å². The van der Waals surface area contributed by atoms with Gasteiger partial charge in [0.25, 0.3) is 5.91 Å². The number of methoxy groups -OCH3 is 2. The van der Waals surface area contributed by atoms with E-state index in [0.717, 1.165) is 11.8 Å². The number of nitrogens with one attached hydrogen (secondary N) is 2. The van der Waals surface area contributed by atoms with E-state index in [1.807, 2.05) is 0 Å². The predicted molar refractivity (Wildman–Crippen MR) is 130 cm³/mol. The third kappa shape index (κ3) is 5.27. The van der Waals surface area contributed by atoms with Crippen molar-refractivity contribution in [1.29, 1.82) is 0 Å². The molecule has 0 aliphatic carbocycles. The van der Waals surface area contributed by atoms with Crippen molar-refractivity contribution >= 4 is 51.4 Å². The summed E-state index contributed by atoms with van der Waals surface area (Å²) in [5.41, 5.74) is 1.29. The molecular weight excluding hydrogens is 466 g/mol. The van der Waals surface area contributed by atoms with Crippen LogP contribution in [0.4, 0.5) is 5.69 Å². The van der Waals surface area contributed by atoms with Crippen LogP contribution in [0.2, 0.25) is 5.02 Å². The van der Waals surface area contributed by atoms with Gasteiger partial charge in [-0.25, -0.2) is 0 Å². The normalized spacial score (nSPS) is 15.2. The van der Waals surface area contributed by atoms with Crippen LogP contribution in [0, 0.1) is 0 Å². The van der Waals surface area contributed by atoms with Gasteiger partial charge in [-0.3, -0.25) is 9.78 Å². The van der Waals surface area contributed by atoms with Gasteiger partial charge in [0.05, 0.1) is 24.8 Å². The first kappa shape index (κ1) is 23.0. The van der Waals surface area contributed by atoms with Gasteiger partial charge in [-0.15, -0.1) is 0 Å². The number of benzene rings is 2. The van der Waals surface area contributed by atoms with E-state index in [1.165, 1.54) is 0 Å². The molecule has 8 nitrogen and oxygen atoms in total. The summed E-state index contributed by atoms with van der Waals surface area (Å²) < 4.78 is 22.2. The largest absolute Gasteiger partial charge is 0.493 e. The molecule has 1 aliphatic rings. The maximum Gasteiger partial charge on any atom is 0.255 e. The van der Waals surface area contributed by atoms with Crippen molar-refractivity contribution in [2.24, 2.45) is 0 Å². The number of anilines is 1. The summed E-state index contributed by atoms with van der Waals surface area (Å²) in [6, 6.07) is 10.4. The van der Waals surface area contributed by atoms with Crippen LogP contribution >= 0.6 is 23.8 Å². The Morgan fingerprint density at radius 3 is 2.61 bits per heavy atom. The summed E-state index contributed by atoms with van der Waals surface area (Å²) in [5, 5.41) is 6.86. The van der Waals surface area contributed by atoms with Crippen LogP contribution < -0.4 is 24.8 Å². The third-order valence-electron chi connectivity index (χ3n) is 5.08. The summed E-state index contributed by atoms with van der Waals surface area (Å²) in [6.07, 6.45) is 2.73. The van der Waals surface area contributed by atoms with Gasteiger partial charge in [-0.1, -0.05) is 11.6 Å². The third-order valence-corrected chi connectivity index (χ3v) is 5.57. The van der Waals surface area contributed by atoms with Gasteiger partial charge in [0.1, 0.15) is 17.6 Å². The second-order valence-electron chi connectivity index (χ2n) is 7.23. The Balaban J connectivity index is 1.49. The maximum absolute atomic E-state index is 12.1. The molecule has 10 heteroatoms. The van der Waals surface area contributed by atoms with Crippen molar-refractivity contribution in [2.45, 2.75) is 18.9 Å². The predicted octanol–water partition coefficient (Wildman–Crippen LogP) is 4.69. The molecule has 0 saturated carbocycles. The Morgan fingerprint density at radius 1 is 1.12 bits per heavy atom. The molecule has 0 radical (unpaired) electrons. The van der Waals surface area contributed by atoms with E-state index in [-0.39, 0.29) is 11.0 Å². The summed E-state index contributed by atoms with van der Waals surface area (Å²) in [6.45, 7) is 0.586. The zero-order chi connectivity index (χ0) is 23.4. The molecule has 2 heterocycles. The Kier molecular flexibility index (Phi) is 7.12.